The van der Waals surface area contributed by atoms with E-state index in [-0.39, 0.29) is 19.0 Å². The summed E-state index contributed by atoms with van der Waals surface area (Å²) in [5, 5.41) is 18.5. The van der Waals surface area contributed by atoms with Gasteiger partial charge in [0, 0.05) is 24.9 Å². The Morgan fingerprint density at radius 1 is 0.917 bits per heavy atom. The average Bonchev–Trinajstić information content (AvgIpc) is 3.39. The monoisotopic (exact) mass is 681 g/mol. The third-order valence-corrected chi connectivity index (χ3v) is 8.00. The van der Waals surface area contributed by atoms with Gasteiger partial charge in [0.25, 0.3) is 0 Å². The molecule has 2 aromatic rings. The number of thiophene rings is 1. The molecule has 0 aliphatic heterocycles. The van der Waals surface area contributed by atoms with Crippen molar-refractivity contribution in [3.8, 4) is 6.07 Å². The lowest BCUT2D eigenvalue weighted by Crippen LogP contribution is -2.29. The fourth-order valence-corrected chi connectivity index (χ4v) is 5.18. The van der Waals surface area contributed by atoms with Gasteiger partial charge in [0.2, 0.25) is 5.69 Å². The minimum absolute atomic E-state index is 0.105. The van der Waals surface area contributed by atoms with Crippen LogP contribution in [0.5, 0.6) is 0 Å². The number of azo groups is 1. The van der Waals surface area contributed by atoms with E-state index in [2.05, 4.69) is 39.0 Å². The van der Waals surface area contributed by atoms with Gasteiger partial charge in [-0.25, -0.2) is 9.64 Å². The Labute approximate surface area is 288 Å². The number of ether oxygens (including phenoxy) is 5. The second kappa shape index (κ2) is 24.2. The van der Waals surface area contributed by atoms with Crippen LogP contribution in [0.3, 0.4) is 0 Å². The van der Waals surface area contributed by atoms with E-state index in [1.165, 1.54) is 37.5 Å². The lowest BCUT2D eigenvalue weighted by molar-refractivity contribution is -0.139. The lowest BCUT2D eigenvalue weighted by Gasteiger charge is -2.25. The first-order chi connectivity index (χ1) is 23.3. The summed E-state index contributed by atoms with van der Waals surface area (Å²) in [6, 6.07) is 8.20. The third kappa shape index (κ3) is 15.7. The number of rotatable bonds is 25. The summed E-state index contributed by atoms with van der Waals surface area (Å²) in [4.78, 5) is 28.5. The molecule has 0 saturated heterocycles. The highest BCUT2D eigenvalue weighted by atomic mass is 32.1. The number of hydrogen-bond acceptors (Lipinski definition) is 12. The van der Waals surface area contributed by atoms with Gasteiger partial charge in [-0.1, -0.05) is 26.2 Å². The van der Waals surface area contributed by atoms with Crippen LogP contribution in [0, 0.1) is 31.8 Å². The summed E-state index contributed by atoms with van der Waals surface area (Å²) in [5.41, 5.74) is 3.80. The number of ketones is 1. The first-order valence-electron chi connectivity index (χ1n) is 16.1. The van der Waals surface area contributed by atoms with Crippen molar-refractivity contribution in [2.75, 3.05) is 77.5 Å². The van der Waals surface area contributed by atoms with Crippen molar-refractivity contribution >= 4 is 45.2 Å². The molecule has 0 saturated carbocycles. The molecule has 0 atom stereocenters. The molecule has 0 amide bonds. The normalized spacial score (nSPS) is 11.2. The number of esters is 1. The number of benzene rings is 1. The fraction of sp³-hybridized carbons (Fsp3) is 0.543. The molecule has 1 heterocycles. The van der Waals surface area contributed by atoms with Crippen LogP contribution in [0.4, 0.5) is 22.1 Å². The average molecular weight is 682 g/mol. The van der Waals surface area contributed by atoms with Crippen molar-refractivity contribution in [3.05, 3.63) is 57.8 Å². The van der Waals surface area contributed by atoms with E-state index in [0.29, 0.717) is 73.1 Å². The van der Waals surface area contributed by atoms with Crippen LogP contribution >= 0.6 is 11.3 Å². The number of nitrogens with zero attached hydrogens (tertiary/aromatic N) is 5. The first-order valence-corrected chi connectivity index (χ1v) is 17.0. The zero-order valence-electron chi connectivity index (χ0n) is 28.5. The summed E-state index contributed by atoms with van der Waals surface area (Å²) in [6.07, 6.45) is 6.90. The Morgan fingerprint density at radius 2 is 1.56 bits per heavy atom. The largest absolute Gasteiger partial charge is 0.460 e. The van der Waals surface area contributed by atoms with Gasteiger partial charge in [-0.05, 0) is 62.6 Å². The van der Waals surface area contributed by atoms with Gasteiger partial charge in [0.15, 0.2) is 5.78 Å². The van der Waals surface area contributed by atoms with Crippen molar-refractivity contribution in [2.45, 2.75) is 53.4 Å². The molecule has 0 radical (unpaired) electrons. The molecule has 0 bridgehead atoms. The molecule has 0 aliphatic rings. The summed E-state index contributed by atoms with van der Waals surface area (Å²) < 4.78 is 27.2. The van der Waals surface area contributed by atoms with Crippen LogP contribution in [0.2, 0.25) is 0 Å². The van der Waals surface area contributed by atoms with Crippen molar-refractivity contribution in [2.24, 2.45) is 10.2 Å². The smallest absolute Gasteiger partial charge is 0.330 e. The Balaban J connectivity index is 1.69. The maximum atomic E-state index is 11.3. The lowest BCUT2D eigenvalue weighted by atomic mass is 10.1. The molecule has 260 valence electrons. The molecule has 0 fully saturated rings. The van der Waals surface area contributed by atoms with Gasteiger partial charge < -0.3 is 28.6 Å². The number of nitriles is 1. The Bertz CT molecular complexity index is 1430. The molecule has 2 rings (SSSR count). The number of aryl methyl sites for hydroxylation is 1. The van der Waals surface area contributed by atoms with Crippen LogP contribution in [-0.4, -0.2) is 84.3 Å². The maximum absolute atomic E-state index is 11.3. The Kier molecular flexibility index (Phi) is 20.3. The number of carbonyl (C=O) groups is 2. The van der Waals surface area contributed by atoms with Gasteiger partial charge in [-0.15, -0.1) is 11.3 Å². The zero-order valence-corrected chi connectivity index (χ0v) is 29.3. The number of allylic oxidation sites excluding steroid dienone is 1. The van der Waals surface area contributed by atoms with Crippen molar-refractivity contribution in [1.82, 2.24) is 0 Å². The van der Waals surface area contributed by atoms with Crippen LogP contribution in [0.1, 0.15) is 55.5 Å². The van der Waals surface area contributed by atoms with Crippen molar-refractivity contribution in [3.63, 3.8) is 0 Å². The molecule has 48 heavy (non-hydrogen) atoms. The van der Waals surface area contributed by atoms with Gasteiger partial charge in [0.05, 0.1) is 70.0 Å². The Morgan fingerprint density at radius 3 is 2.15 bits per heavy atom. The van der Waals surface area contributed by atoms with Crippen molar-refractivity contribution in [1.29, 1.82) is 5.26 Å². The van der Waals surface area contributed by atoms with Crippen LogP contribution in [0.25, 0.3) is 4.85 Å². The van der Waals surface area contributed by atoms with E-state index < -0.39 is 5.97 Å². The Hall–Kier alpha value is -3.98. The second-order valence-electron chi connectivity index (χ2n) is 10.7. The van der Waals surface area contributed by atoms with E-state index in [0.717, 1.165) is 42.9 Å². The summed E-state index contributed by atoms with van der Waals surface area (Å²) >= 11 is 1.19. The molecule has 0 unspecified atom stereocenters. The molecule has 0 N–H and O–H groups in total. The number of anilines is 1. The van der Waals surface area contributed by atoms with Crippen LogP contribution in [0.15, 0.2) is 40.6 Å². The van der Waals surface area contributed by atoms with Crippen LogP contribution < -0.4 is 4.90 Å². The maximum Gasteiger partial charge on any atom is 0.330 e. The topological polar surface area (TPSA) is 136 Å². The molecule has 0 aliphatic carbocycles. The predicted molar refractivity (Wildman–Crippen MR) is 186 cm³/mol. The third-order valence-electron chi connectivity index (χ3n) is 6.93. The summed E-state index contributed by atoms with van der Waals surface area (Å²) in [6.45, 7) is 19.9. The highest BCUT2D eigenvalue weighted by molar-refractivity contribution is 7.17. The highest BCUT2D eigenvalue weighted by Gasteiger charge is 2.15. The molecular weight excluding hydrogens is 634 g/mol. The fourth-order valence-electron chi connectivity index (χ4n) is 4.31. The summed E-state index contributed by atoms with van der Waals surface area (Å²) in [7, 11) is 0. The highest BCUT2D eigenvalue weighted by Crippen LogP contribution is 2.42. The van der Waals surface area contributed by atoms with Crippen LogP contribution in [-0.2, 0) is 33.3 Å². The van der Waals surface area contributed by atoms with E-state index in [1.807, 2.05) is 19.1 Å². The number of carbonyl (C=O) groups excluding carboxylic acids is 2. The van der Waals surface area contributed by atoms with E-state index in [9.17, 15) is 14.9 Å². The quantitative estimate of drug-likeness (QED) is 0.0346. The van der Waals surface area contributed by atoms with Gasteiger partial charge in [-0.3, -0.25) is 4.79 Å². The van der Waals surface area contributed by atoms with Gasteiger partial charge in [0.1, 0.15) is 17.7 Å². The molecule has 1 aromatic carbocycles. The number of hydrogen-bond donors (Lipinski definition) is 0. The summed E-state index contributed by atoms with van der Waals surface area (Å²) in [5.74, 6) is -0.795. The van der Waals surface area contributed by atoms with Crippen molar-refractivity contribution < 1.29 is 33.3 Å². The standard InChI is InChI=1S/C35H47N5O7S/c1-6-7-8-9-14-40(30-11-12-31(27(2)25-30)38-39-35-34(37-5)29(4)32(26-36)48-35)15-16-43-17-18-44-19-20-45-21-22-46-23-24-47-33(42)13-10-28(3)41/h10-13,25H,6-9,14-24H2,1-4H3/b13-10-,39-38?. The van der Waals surface area contributed by atoms with Gasteiger partial charge in [-0.2, -0.15) is 15.5 Å². The predicted octanol–water partition coefficient (Wildman–Crippen LogP) is 7.34. The zero-order chi connectivity index (χ0) is 35.0. The number of unbranched alkanes of at least 4 members (excludes halogenated alkanes) is 3. The SMILES string of the molecule is [C-]#[N+]c1c(N=Nc2ccc(N(CCCCCC)CCOCCOCCOCCOCCOC(=O)/C=C\C(C)=O)cc2C)sc(C#N)c1C. The van der Waals surface area contributed by atoms with E-state index >= 15 is 0 Å². The minimum atomic E-state index is -0.577. The second-order valence-corrected chi connectivity index (χ2v) is 11.7. The molecule has 13 heteroatoms. The van der Waals surface area contributed by atoms with Gasteiger partial charge >= 0.3 is 5.97 Å². The van der Waals surface area contributed by atoms with E-state index in [4.69, 9.17) is 30.3 Å². The van der Waals surface area contributed by atoms with E-state index in [1.54, 1.807) is 6.92 Å². The minimum Gasteiger partial charge on any atom is -0.460 e. The molecule has 12 nitrogen and oxygen atoms in total. The molecular formula is C35H47N5O7S. The first kappa shape index (κ1) is 40.2. The molecule has 1 aromatic heterocycles. The molecule has 0 spiro atoms.